The molecule has 1 aliphatic rings. The molecule has 1 aromatic carbocycles. The van der Waals surface area contributed by atoms with Crippen LogP contribution in [-0.4, -0.2) is 16.9 Å². The number of aromatic nitrogens is 1. The third-order valence-corrected chi connectivity index (χ3v) is 4.14. The molecule has 23 heavy (non-hydrogen) atoms. The average Bonchev–Trinajstić information content (AvgIpc) is 2.51. The summed E-state index contributed by atoms with van der Waals surface area (Å²) >= 11 is 0. The Balaban J connectivity index is 1.76. The summed E-state index contributed by atoms with van der Waals surface area (Å²) in [6, 6.07) is 10.2. The lowest BCUT2D eigenvalue weighted by Crippen LogP contribution is -2.46. The van der Waals surface area contributed by atoms with Crippen molar-refractivity contribution in [2.24, 2.45) is 0 Å². The third kappa shape index (κ3) is 3.21. The van der Waals surface area contributed by atoms with Gasteiger partial charge in [-0.05, 0) is 37.1 Å². The van der Waals surface area contributed by atoms with E-state index in [1.54, 1.807) is 12.3 Å². The van der Waals surface area contributed by atoms with Crippen LogP contribution in [0.1, 0.15) is 40.4 Å². The van der Waals surface area contributed by atoms with Gasteiger partial charge in [-0.25, -0.2) is 0 Å². The number of hydrogen-bond acceptors (Lipinski definition) is 2. The van der Waals surface area contributed by atoms with Crippen LogP contribution >= 0.6 is 0 Å². The van der Waals surface area contributed by atoms with Crippen LogP contribution < -0.4 is 5.32 Å². The van der Waals surface area contributed by atoms with Crippen molar-refractivity contribution in [1.29, 1.82) is 0 Å². The number of amides is 1. The number of carbonyl (C=O) groups excluding carboxylic acids is 1. The van der Waals surface area contributed by atoms with Gasteiger partial charge >= 0.3 is 6.18 Å². The van der Waals surface area contributed by atoms with E-state index >= 15 is 0 Å². The van der Waals surface area contributed by atoms with Crippen molar-refractivity contribution >= 4 is 5.91 Å². The molecular weight excluding hydrogens is 305 g/mol. The van der Waals surface area contributed by atoms with Crippen molar-refractivity contribution < 1.29 is 18.0 Å². The van der Waals surface area contributed by atoms with Gasteiger partial charge in [0.2, 0.25) is 0 Å². The SMILES string of the molecule is O=C(N[C@@H]1CC[C@@H]1c1ccccn1)c1ccccc1C(F)(F)F. The van der Waals surface area contributed by atoms with Crippen LogP contribution in [0.5, 0.6) is 0 Å². The minimum atomic E-state index is -4.55. The van der Waals surface area contributed by atoms with E-state index in [0.29, 0.717) is 0 Å². The predicted octanol–water partition coefficient (Wildman–Crippen LogP) is 3.78. The highest BCUT2D eigenvalue weighted by Gasteiger charge is 2.38. The van der Waals surface area contributed by atoms with E-state index in [9.17, 15) is 18.0 Å². The minimum absolute atomic E-state index is 0.0539. The van der Waals surface area contributed by atoms with E-state index in [1.807, 2.05) is 12.1 Å². The summed E-state index contributed by atoms with van der Waals surface area (Å²) in [6.07, 6.45) is -1.27. The standard InChI is InChI=1S/C17H15F3N2O/c18-17(19,20)13-6-2-1-5-11(13)16(23)22-15-9-8-12(15)14-7-3-4-10-21-14/h1-7,10,12,15H,8-9H2,(H,22,23)/t12-,15-/m1/s1. The molecule has 120 valence electrons. The maximum atomic E-state index is 13.0. The Morgan fingerprint density at radius 3 is 2.43 bits per heavy atom. The molecule has 1 aromatic heterocycles. The molecule has 3 nitrogen and oxygen atoms in total. The Bertz CT molecular complexity index is 700. The first kappa shape index (κ1) is 15.5. The highest BCUT2D eigenvalue weighted by atomic mass is 19.4. The molecule has 2 atom stereocenters. The molecule has 1 saturated carbocycles. The predicted molar refractivity (Wildman–Crippen MR) is 78.9 cm³/mol. The number of hydrogen-bond donors (Lipinski definition) is 1. The van der Waals surface area contributed by atoms with Gasteiger partial charge in [0.25, 0.3) is 5.91 Å². The minimum Gasteiger partial charge on any atom is -0.349 e. The van der Waals surface area contributed by atoms with Crippen LogP contribution in [0.4, 0.5) is 13.2 Å². The van der Waals surface area contributed by atoms with Gasteiger partial charge in [-0.3, -0.25) is 9.78 Å². The number of nitrogens with zero attached hydrogens (tertiary/aromatic N) is 1. The summed E-state index contributed by atoms with van der Waals surface area (Å²) in [5, 5.41) is 2.71. The van der Waals surface area contributed by atoms with Crippen LogP contribution in [0.3, 0.4) is 0 Å². The molecular formula is C17H15F3N2O. The van der Waals surface area contributed by atoms with Crippen molar-refractivity contribution in [1.82, 2.24) is 10.3 Å². The zero-order chi connectivity index (χ0) is 16.4. The molecule has 1 N–H and O–H groups in total. The van der Waals surface area contributed by atoms with E-state index in [1.165, 1.54) is 18.2 Å². The van der Waals surface area contributed by atoms with Crippen LogP contribution in [0, 0.1) is 0 Å². The fraction of sp³-hybridized carbons (Fsp3) is 0.294. The molecule has 0 bridgehead atoms. The summed E-state index contributed by atoms with van der Waals surface area (Å²) in [6.45, 7) is 0. The summed E-state index contributed by atoms with van der Waals surface area (Å²) in [7, 11) is 0. The fourth-order valence-electron chi connectivity index (χ4n) is 2.80. The molecule has 0 spiro atoms. The molecule has 1 aliphatic carbocycles. The van der Waals surface area contributed by atoms with Crippen molar-refractivity contribution in [3.63, 3.8) is 0 Å². The van der Waals surface area contributed by atoms with Crippen LogP contribution in [-0.2, 0) is 6.18 Å². The van der Waals surface area contributed by atoms with Crippen molar-refractivity contribution in [3.05, 3.63) is 65.5 Å². The average molecular weight is 320 g/mol. The smallest absolute Gasteiger partial charge is 0.349 e. The van der Waals surface area contributed by atoms with E-state index in [-0.39, 0.29) is 17.5 Å². The molecule has 0 unspecified atom stereocenters. The van der Waals surface area contributed by atoms with E-state index in [4.69, 9.17) is 0 Å². The van der Waals surface area contributed by atoms with Crippen molar-refractivity contribution in [3.8, 4) is 0 Å². The number of benzene rings is 1. The largest absolute Gasteiger partial charge is 0.417 e. The van der Waals surface area contributed by atoms with E-state index in [2.05, 4.69) is 10.3 Å². The second-order valence-corrected chi connectivity index (χ2v) is 5.56. The topological polar surface area (TPSA) is 42.0 Å². The molecule has 1 amide bonds. The lowest BCUT2D eigenvalue weighted by atomic mass is 9.77. The fourth-order valence-corrected chi connectivity index (χ4v) is 2.80. The molecule has 0 saturated heterocycles. The normalized spacial score (nSPS) is 20.7. The second-order valence-electron chi connectivity index (χ2n) is 5.56. The van der Waals surface area contributed by atoms with Gasteiger partial charge in [-0.15, -0.1) is 0 Å². The summed E-state index contributed by atoms with van der Waals surface area (Å²) < 4.78 is 39.0. The number of pyridine rings is 1. The highest BCUT2D eigenvalue weighted by Crippen LogP contribution is 2.37. The first-order valence-corrected chi connectivity index (χ1v) is 7.35. The number of carbonyl (C=O) groups is 1. The Hall–Kier alpha value is -2.37. The summed E-state index contributed by atoms with van der Waals surface area (Å²) in [5.74, 6) is -0.637. The molecule has 1 fully saturated rings. The zero-order valence-electron chi connectivity index (χ0n) is 12.2. The third-order valence-electron chi connectivity index (χ3n) is 4.14. The van der Waals surface area contributed by atoms with Gasteiger partial charge in [0.1, 0.15) is 0 Å². The Labute approximate surface area is 131 Å². The summed E-state index contributed by atoms with van der Waals surface area (Å²) in [4.78, 5) is 16.5. The molecule has 0 aliphatic heterocycles. The first-order valence-electron chi connectivity index (χ1n) is 7.35. The van der Waals surface area contributed by atoms with Gasteiger partial charge < -0.3 is 5.32 Å². The first-order chi connectivity index (χ1) is 11.0. The highest BCUT2D eigenvalue weighted by molar-refractivity contribution is 5.96. The Morgan fingerprint density at radius 2 is 1.83 bits per heavy atom. The Morgan fingerprint density at radius 1 is 1.09 bits per heavy atom. The van der Waals surface area contributed by atoms with Gasteiger partial charge in [0.15, 0.2) is 0 Å². The maximum absolute atomic E-state index is 13.0. The second kappa shape index (κ2) is 6.02. The van der Waals surface area contributed by atoms with Gasteiger partial charge in [0.05, 0.1) is 11.1 Å². The monoisotopic (exact) mass is 320 g/mol. The Kier molecular flexibility index (Phi) is 4.07. The molecule has 0 radical (unpaired) electrons. The maximum Gasteiger partial charge on any atom is 0.417 e. The number of nitrogens with one attached hydrogen (secondary N) is 1. The number of alkyl halides is 3. The van der Waals surface area contributed by atoms with Crippen LogP contribution in [0.2, 0.25) is 0 Å². The van der Waals surface area contributed by atoms with Gasteiger partial charge in [-0.1, -0.05) is 18.2 Å². The van der Waals surface area contributed by atoms with Crippen LogP contribution in [0.25, 0.3) is 0 Å². The molecule has 6 heteroatoms. The van der Waals surface area contributed by atoms with E-state index in [0.717, 1.165) is 24.6 Å². The number of rotatable bonds is 3. The molecule has 2 aromatic rings. The molecule has 3 rings (SSSR count). The quantitative estimate of drug-likeness (QED) is 0.935. The number of halogens is 3. The van der Waals surface area contributed by atoms with E-state index < -0.39 is 17.6 Å². The van der Waals surface area contributed by atoms with Crippen molar-refractivity contribution in [2.45, 2.75) is 31.0 Å². The van der Waals surface area contributed by atoms with Gasteiger partial charge in [-0.2, -0.15) is 13.2 Å². The van der Waals surface area contributed by atoms with Crippen molar-refractivity contribution in [2.75, 3.05) is 0 Å². The zero-order valence-corrected chi connectivity index (χ0v) is 12.2. The lowest BCUT2D eigenvalue weighted by Gasteiger charge is -2.36. The summed E-state index contributed by atoms with van der Waals surface area (Å²) in [5.41, 5.74) is -0.397. The van der Waals surface area contributed by atoms with Crippen LogP contribution in [0.15, 0.2) is 48.7 Å². The van der Waals surface area contributed by atoms with Gasteiger partial charge in [0, 0.05) is 23.9 Å². The molecule has 1 heterocycles. The lowest BCUT2D eigenvalue weighted by molar-refractivity contribution is -0.137.